The Labute approximate surface area is 227 Å². The van der Waals surface area contributed by atoms with Crippen molar-refractivity contribution in [1.29, 1.82) is 0 Å². The van der Waals surface area contributed by atoms with Gasteiger partial charge in [0.15, 0.2) is 0 Å². The van der Waals surface area contributed by atoms with Crippen molar-refractivity contribution in [3.05, 3.63) is 102 Å². The fraction of sp³-hybridized carbons (Fsp3) is 0.333. The van der Waals surface area contributed by atoms with Gasteiger partial charge in [0.25, 0.3) is 0 Å². The van der Waals surface area contributed by atoms with E-state index in [0.29, 0.717) is 18.9 Å². The Morgan fingerprint density at radius 1 is 0.974 bits per heavy atom. The Bertz CT molecular complexity index is 1300. The van der Waals surface area contributed by atoms with Crippen LogP contribution in [-0.4, -0.2) is 50.5 Å². The van der Waals surface area contributed by atoms with E-state index in [-0.39, 0.29) is 11.7 Å². The maximum Gasteiger partial charge on any atom is 0.220 e. The van der Waals surface area contributed by atoms with Gasteiger partial charge >= 0.3 is 0 Å². The van der Waals surface area contributed by atoms with E-state index < -0.39 is 0 Å². The molecular weight excluding hydrogens is 497 g/mol. The molecule has 1 N–H and O–H groups in total. The lowest BCUT2D eigenvalue weighted by molar-refractivity contribution is -0.120. The molecule has 0 saturated carbocycles. The molecule has 0 unspecified atom stereocenters. The number of nitrogens with zero attached hydrogens (tertiary/aromatic N) is 4. The van der Waals surface area contributed by atoms with E-state index in [2.05, 4.69) is 19.9 Å². The molecule has 5 rings (SSSR count). The fourth-order valence-corrected chi connectivity index (χ4v) is 5.79. The summed E-state index contributed by atoms with van der Waals surface area (Å²) in [6.45, 7) is 3.24. The summed E-state index contributed by atoms with van der Waals surface area (Å²) in [5.74, 6) is 3.03. The van der Waals surface area contributed by atoms with Gasteiger partial charge in [0.1, 0.15) is 11.6 Å². The van der Waals surface area contributed by atoms with Crippen LogP contribution in [0.3, 0.4) is 0 Å². The second kappa shape index (κ2) is 12.9. The van der Waals surface area contributed by atoms with Crippen molar-refractivity contribution in [2.75, 3.05) is 25.4 Å². The van der Waals surface area contributed by atoms with E-state index >= 15 is 0 Å². The highest BCUT2D eigenvalue weighted by atomic mass is 32.2. The second-order valence-electron chi connectivity index (χ2n) is 9.75. The third kappa shape index (κ3) is 6.74. The molecule has 38 heavy (non-hydrogen) atoms. The van der Waals surface area contributed by atoms with Gasteiger partial charge in [-0.05, 0) is 62.2 Å². The standard InChI is InChI=1S/C30H34FN5OS/c31-28-11-5-4-8-25(28)22-34-17-12-24(13-18-34)20-32-29(37)14-19-38-23-26-21-33-36(27-9-2-1-3-10-27)30(26)35-15-6-7-16-35/h1-11,15-16,21,24H,12-14,17-20,22-23H2,(H,32,37). The number of hydrogen-bond donors (Lipinski definition) is 1. The molecule has 0 bridgehead atoms. The average Bonchev–Trinajstić information content (AvgIpc) is 3.63. The maximum atomic E-state index is 13.9. The Kier molecular flexibility index (Phi) is 8.94. The highest BCUT2D eigenvalue weighted by Crippen LogP contribution is 2.24. The van der Waals surface area contributed by atoms with Crippen molar-refractivity contribution < 1.29 is 9.18 Å². The highest BCUT2D eigenvalue weighted by Gasteiger charge is 2.20. The van der Waals surface area contributed by atoms with Crippen LogP contribution >= 0.6 is 11.8 Å². The summed E-state index contributed by atoms with van der Waals surface area (Å²) >= 11 is 1.75. The first-order valence-corrected chi connectivity index (χ1v) is 14.4. The molecular formula is C30H34FN5OS. The van der Waals surface area contributed by atoms with Crippen LogP contribution in [-0.2, 0) is 17.1 Å². The number of halogens is 1. The van der Waals surface area contributed by atoms with Crippen molar-refractivity contribution in [2.45, 2.75) is 31.6 Å². The Balaban J connectivity index is 1.04. The lowest BCUT2D eigenvalue weighted by atomic mass is 9.96. The van der Waals surface area contributed by atoms with E-state index in [9.17, 15) is 9.18 Å². The largest absolute Gasteiger partial charge is 0.356 e. The Morgan fingerprint density at radius 3 is 2.47 bits per heavy atom. The molecule has 1 saturated heterocycles. The van der Waals surface area contributed by atoms with E-state index in [1.165, 1.54) is 6.07 Å². The van der Waals surface area contributed by atoms with Crippen LogP contribution in [0.2, 0.25) is 0 Å². The summed E-state index contributed by atoms with van der Waals surface area (Å²) in [5.41, 5.74) is 2.91. The van der Waals surface area contributed by atoms with Crippen molar-refractivity contribution >= 4 is 17.7 Å². The van der Waals surface area contributed by atoms with Crippen LogP contribution in [0, 0.1) is 11.7 Å². The number of rotatable bonds is 11. The number of piperidine rings is 1. The number of carbonyl (C=O) groups is 1. The van der Waals surface area contributed by atoms with Crippen molar-refractivity contribution in [2.24, 2.45) is 5.92 Å². The van der Waals surface area contributed by atoms with Gasteiger partial charge in [0, 0.05) is 54.5 Å². The average molecular weight is 532 g/mol. The number of aromatic nitrogens is 3. The van der Waals surface area contributed by atoms with E-state index in [1.54, 1.807) is 17.8 Å². The summed E-state index contributed by atoms with van der Waals surface area (Å²) < 4.78 is 18.0. The monoisotopic (exact) mass is 531 g/mol. The van der Waals surface area contributed by atoms with Gasteiger partial charge in [-0.25, -0.2) is 9.07 Å². The number of amides is 1. The minimum Gasteiger partial charge on any atom is -0.356 e. The molecule has 1 amide bonds. The third-order valence-electron chi connectivity index (χ3n) is 7.04. The van der Waals surface area contributed by atoms with Gasteiger partial charge in [0.2, 0.25) is 5.91 Å². The van der Waals surface area contributed by atoms with Crippen LogP contribution < -0.4 is 5.32 Å². The molecule has 198 valence electrons. The number of hydrogen-bond acceptors (Lipinski definition) is 4. The van der Waals surface area contributed by atoms with Gasteiger partial charge in [-0.15, -0.1) is 0 Å². The van der Waals surface area contributed by atoms with Gasteiger partial charge < -0.3 is 9.88 Å². The van der Waals surface area contributed by atoms with E-state index in [1.807, 2.05) is 77.9 Å². The number of thioether (sulfide) groups is 1. The summed E-state index contributed by atoms with van der Waals surface area (Å²) in [4.78, 5) is 14.8. The fourth-order valence-electron chi connectivity index (χ4n) is 4.90. The quantitative estimate of drug-likeness (QED) is 0.262. The van der Waals surface area contributed by atoms with Crippen LogP contribution in [0.5, 0.6) is 0 Å². The molecule has 0 atom stereocenters. The minimum atomic E-state index is -0.134. The predicted molar refractivity (Wildman–Crippen MR) is 151 cm³/mol. The number of carbonyl (C=O) groups excluding carboxylic acids is 1. The van der Waals surface area contributed by atoms with Crippen LogP contribution in [0.1, 0.15) is 30.4 Å². The smallest absolute Gasteiger partial charge is 0.220 e. The molecule has 0 radical (unpaired) electrons. The lowest BCUT2D eigenvalue weighted by Gasteiger charge is -2.32. The van der Waals surface area contributed by atoms with Gasteiger partial charge in [0.05, 0.1) is 11.9 Å². The first-order chi connectivity index (χ1) is 18.7. The van der Waals surface area contributed by atoms with Crippen molar-refractivity contribution in [1.82, 2.24) is 24.6 Å². The topological polar surface area (TPSA) is 55.1 Å². The summed E-state index contributed by atoms with van der Waals surface area (Å²) in [6, 6.07) is 21.1. The molecule has 2 aromatic carbocycles. The molecule has 1 aliphatic heterocycles. The van der Waals surface area contributed by atoms with E-state index in [0.717, 1.165) is 66.6 Å². The van der Waals surface area contributed by atoms with Gasteiger partial charge in [-0.2, -0.15) is 16.9 Å². The third-order valence-corrected chi connectivity index (χ3v) is 8.05. The predicted octanol–water partition coefficient (Wildman–Crippen LogP) is 5.45. The normalized spacial score (nSPS) is 14.6. The first kappa shape index (κ1) is 26.3. The Hall–Kier alpha value is -3.36. The van der Waals surface area contributed by atoms with Crippen LogP contribution in [0.4, 0.5) is 4.39 Å². The molecule has 0 aliphatic carbocycles. The molecule has 1 aliphatic rings. The van der Waals surface area contributed by atoms with Gasteiger partial charge in [-0.3, -0.25) is 9.69 Å². The zero-order valence-electron chi connectivity index (χ0n) is 21.5. The highest BCUT2D eigenvalue weighted by molar-refractivity contribution is 7.98. The Morgan fingerprint density at radius 2 is 1.71 bits per heavy atom. The summed E-state index contributed by atoms with van der Waals surface area (Å²) in [5, 5.41) is 7.78. The maximum absolute atomic E-state index is 13.9. The number of likely N-dealkylation sites (tertiary alicyclic amines) is 1. The number of para-hydroxylation sites is 1. The van der Waals surface area contributed by atoms with Crippen LogP contribution in [0.15, 0.2) is 85.3 Å². The molecule has 8 heteroatoms. The summed E-state index contributed by atoms with van der Waals surface area (Å²) in [6.07, 6.45) is 8.54. The molecule has 6 nitrogen and oxygen atoms in total. The zero-order valence-corrected chi connectivity index (χ0v) is 22.3. The SMILES string of the molecule is O=C(CCSCc1cnn(-c2ccccc2)c1-n1cccc1)NCC1CCN(Cc2ccccc2F)CC1. The molecule has 1 fully saturated rings. The van der Waals surface area contributed by atoms with Crippen LogP contribution in [0.25, 0.3) is 11.5 Å². The summed E-state index contributed by atoms with van der Waals surface area (Å²) in [7, 11) is 0. The van der Waals surface area contributed by atoms with Crippen molar-refractivity contribution in [3.8, 4) is 11.5 Å². The first-order valence-electron chi connectivity index (χ1n) is 13.2. The van der Waals surface area contributed by atoms with Gasteiger partial charge in [-0.1, -0.05) is 36.4 Å². The van der Waals surface area contributed by atoms with Crippen molar-refractivity contribution in [3.63, 3.8) is 0 Å². The lowest BCUT2D eigenvalue weighted by Crippen LogP contribution is -2.38. The molecule has 3 heterocycles. The second-order valence-corrected chi connectivity index (χ2v) is 10.9. The number of nitrogens with one attached hydrogen (secondary N) is 1. The molecule has 4 aromatic rings. The van der Waals surface area contributed by atoms with E-state index in [4.69, 9.17) is 0 Å². The molecule has 2 aromatic heterocycles. The minimum absolute atomic E-state index is 0.108. The number of benzene rings is 2. The molecule has 0 spiro atoms. The zero-order chi connectivity index (χ0) is 26.2.